The Morgan fingerprint density at radius 2 is 2.08 bits per heavy atom. The maximum atomic E-state index is 11.3. The average Bonchev–Trinajstić information content (AvgIpc) is 2.42. The minimum Gasteiger partial charge on any atom is -0.425 e. The zero-order valence-electron chi connectivity index (χ0n) is 7.53. The topological polar surface area (TPSA) is 35.5 Å². The molecule has 0 saturated heterocycles. The van der Waals surface area contributed by atoms with Crippen molar-refractivity contribution in [2.45, 2.75) is 12.7 Å². The van der Waals surface area contributed by atoms with Crippen LogP contribution in [0.15, 0.2) is 24.3 Å². The summed E-state index contributed by atoms with van der Waals surface area (Å²) in [5.74, 6) is -1.23. The number of hydrogen-bond donors (Lipinski definition) is 0. The number of hydrogen-bond acceptors (Lipinski definition) is 3. The zero-order chi connectivity index (χ0) is 9.47. The van der Waals surface area contributed by atoms with Crippen molar-refractivity contribution in [2.75, 3.05) is 7.11 Å². The van der Waals surface area contributed by atoms with Crippen LogP contribution in [0.25, 0.3) is 0 Å². The van der Waals surface area contributed by atoms with Crippen LogP contribution >= 0.6 is 0 Å². The third kappa shape index (κ3) is 1.04. The highest BCUT2D eigenvalue weighted by atomic mass is 16.7. The van der Waals surface area contributed by atoms with Gasteiger partial charge in [-0.25, -0.2) is 4.79 Å². The van der Waals surface area contributed by atoms with E-state index < -0.39 is 5.79 Å². The van der Waals surface area contributed by atoms with Crippen LogP contribution in [0.3, 0.4) is 0 Å². The van der Waals surface area contributed by atoms with Crippen molar-refractivity contribution in [1.82, 2.24) is 0 Å². The normalized spacial score (nSPS) is 25.5. The molecule has 0 bridgehead atoms. The molecule has 0 radical (unpaired) electrons. The van der Waals surface area contributed by atoms with E-state index in [-0.39, 0.29) is 5.97 Å². The molecule has 0 spiro atoms. The maximum Gasteiger partial charge on any atom is 0.341 e. The Balaban J connectivity index is 2.59. The molecule has 1 aromatic rings. The number of ether oxygens (including phenoxy) is 2. The fourth-order valence-corrected chi connectivity index (χ4v) is 1.50. The van der Waals surface area contributed by atoms with E-state index in [2.05, 4.69) is 0 Å². The first-order valence-electron chi connectivity index (χ1n) is 4.05. The lowest BCUT2D eigenvalue weighted by Gasteiger charge is -2.21. The highest BCUT2D eigenvalue weighted by Crippen LogP contribution is 2.36. The summed E-state index contributed by atoms with van der Waals surface area (Å²) in [6.07, 6.45) is 0. The van der Waals surface area contributed by atoms with Crippen molar-refractivity contribution in [3.05, 3.63) is 35.4 Å². The first-order chi connectivity index (χ1) is 6.17. The molecular weight excluding hydrogens is 168 g/mol. The SMILES string of the molecule is CO[C@]1(C)OC(=O)c2ccccc21. The summed E-state index contributed by atoms with van der Waals surface area (Å²) < 4.78 is 10.3. The number of rotatable bonds is 1. The zero-order valence-corrected chi connectivity index (χ0v) is 7.53. The number of fused-ring (bicyclic) bond motifs is 1. The Morgan fingerprint density at radius 3 is 2.77 bits per heavy atom. The molecule has 0 fully saturated rings. The third-order valence-corrected chi connectivity index (χ3v) is 2.31. The smallest absolute Gasteiger partial charge is 0.341 e. The Hall–Kier alpha value is -1.35. The van der Waals surface area contributed by atoms with Gasteiger partial charge in [0.2, 0.25) is 5.79 Å². The monoisotopic (exact) mass is 178 g/mol. The molecule has 68 valence electrons. The first-order valence-corrected chi connectivity index (χ1v) is 4.05. The summed E-state index contributed by atoms with van der Waals surface area (Å²) in [4.78, 5) is 11.3. The van der Waals surface area contributed by atoms with E-state index in [9.17, 15) is 4.79 Å². The van der Waals surface area contributed by atoms with E-state index in [1.807, 2.05) is 18.2 Å². The molecule has 0 amide bonds. The van der Waals surface area contributed by atoms with Crippen LogP contribution in [-0.2, 0) is 15.3 Å². The lowest BCUT2D eigenvalue weighted by atomic mass is 10.0. The van der Waals surface area contributed by atoms with Crippen molar-refractivity contribution in [2.24, 2.45) is 0 Å². The van der Waals surface area contributed by atoms with Crippen molar-refractivity contribution < 1.29 is 14.3 Å². The molecule has 3 nitrogen and oxygen atoms in total. The van der Waals surface area contributed by atoms with Crippen LogP contribution in [0.5, 0.6) is 0 Å². The minimum atomic E-state index is -0.909. The van der Waals surface area contributed by atoms with Gasteiger partial charge in [0, 0.05) is 19.6 Å². The molecule has 0 aromatic heterocycles. The molecule has 2 rings (SSSR count). The van der Waals surface area contributed by atoms with Gasteiger partial charge in [-0.1, -0.05) is 18.2 Å². The Bertz CT molecular complexity index is 359. The van der Waals surface area contributed by atoms with Crippen molar-refractivity contribution >= 4 is 5.97 Å². The largest absolute Gasteiger partial charge is 0.425 e. The molecule has 0 N–H and O–H groups in total. The van der Waals surface area contributed by atoms with Crippen LogP contribution < -0.4 is 0 Å². The molecule has 0 aliphatic carbocycles. The molecule has 13 heavy (non-hydrogen) atoms. The van der Waals surface area contributed by atoms with E-state index in [0.29, 0.717) is 5.56 Å². The van der Waals surface area contributed by atoms with Crippen LogP contribution in [0.2, 0.25) is 0 Å². The van der Waals surface area contributed by atoms with Gasteiger partial charge in [-0.15, -0.1) is 0 Å². The van der Waals surface area contributed by atoms with Gasteiger partial charge in [-0.05, 0) is 6.07 Å². The average molecular weight is 178 g/mol. The van der Waals surface area contributed by atoms with Gasteiger partial charge in [0.25, 0.3) is 0 Å². The van der Waals surface area contributed by atoms with E-state index >= 15 is 0 Å². The van der Waals surface area contributed by atoms with E-state index in [0.717, 1.165) is 5.56 Å². The highest BCUT2D eigenvalue weighted by molar-refractivity contribution is 5.94. The van der Waals surface area contributed by atoms with Crippen LogP contribution in [0.4, 0.5) is 0 Å². The van der Waals surface area contributed by atoms with Gasteiger partial charge >= 0.3 is 5.97 Å². The second-order valence-electron chi connectivity index (χ2n) is 3.08. The summed E-state index contributed by atoms with van der Waals surface area (Å²) in [7, 11) is 1.52. The predicted molar refractivity (Wildman–Crippen MR) is 46.2 cm³/mol. The van der Waals surface area contributed by atoms with Gasteiger partial charge in [-0.2, -0.15) is 0 Å². The third-order valence-electron chi connectivity index (χ3n) is 2.31. The maximum absolute atomic E-state index is 11.3. The number of esters is 1. The van der Waals surface area contributed by atoms with Gasteiger partial charge in [-0.3, -0.25) is 0 Å². The van der Waals surface area contributed by atoms with E-state index in [1.165, 1.54) is 7.11 Å². The molecule has 0 unspecified atom stereocenters. The molecule has 1 heterocycles. The first kappa shape index (κ1) is 8.26. The number of carbonyl (C=O) groups is 1. The van der Waals surface area contributed by atoms with Gasteiger partial charge in [0.15, 0.2) is 0 Å². The van der Waals surface area contributed by atoms with Crippen LogP contribution in [-0.4, -0.2) is 13.1 Å². The number of cyclic esters (lactones) is 1. The second-order valence-corrected chi connectivity index (χ2v) is 3.08. The van der Waals surface area contributed by atoms with Crippen molar-refractivity contribution in [3.63, 3.8) is 0 Å². The molecule has 1 aromatic carbocycles. The Kier molecular flexibility index (Phi) is 1.63. The highest BCUT2D eigenvalue weighted by Gasteiger charge is 2.41. The van der Waals surface area contributed by atoms with Crippen molar-refractivity contribution in [3.8, 4) is 0 Å². The fourth-order valence-electron chi connectivity index (χ4n) is 1.50. The second kappa shape index (κ2) is 2.57. The molecule has 3 heteroatoms. The number of benzene rings is 1. The van der Waals surface area contributed by atoms with Gasteiger partial charge < -0.3 is 9.47 Å². The number of methoxy groups -OCH3 is 1. The molecular formula is C10H10O3. The molecule has 1 aliphatic rings. The van der Waals surface area contributed by atoms with E-state index in [4.69, 9.17) is 9.47 Å². The lowest BCUT2D eigenvalue weighted by molar-refractivity contribution is -0.172. The van der Waals surface area contributed by atoms with Crippen molar-refractivity contribution in [1.29, 1.82) is 0 Å². The summed E-state index contributed by atoms with van der Waals surface area (Å²) in [6.45, 7) is 1.73. The summed E-state index contributed by atoms with van der Waals surface area (Å²) in [6, 6.07) is 7.24. The van der Waals surface area contributed by atoms with Crippen LogP contribution in [0, 0.1) is 0 Å². The summed E-state index contributed by atoms with van der Waals surface area (Å²) in [5.41, 5.74) is 1.38. The molecule has 1 atom stereocenters. The predicted octanol–water partition coefficient (Wildman–Crippen LogP) is 1.68. The summed E-state index contributed by atoms with van der Waals surface area (Å²) in [5, 5.41) is 0. The minimum absolute atomic E-state index is 0.319. The standard InChI is InChI=1S/C10H10O3/c1-10(12-2)8-6-4-3-5-7(8)9(11)13-10/h3-6H,1-2H3/t10-/m1/s1. The molecule has 1 aliphatic heterocycles. The molecule has 0 saturated carbocycles. The Labute approximate surface area is 76.3 Å². The fraction of sp³-hybridized carbons (Fsp3) is 0.300. The Morgan fingerprint density at radius 1 is 1.38 bits per heavy atom. The van der Waals surface area contributed by atoms with Crippen LogP contribution in [0.1, 0.15) is 22.8 Å². The number of carbonyl (C=O) groups excluding carboxylic acids is 1. The quantitative estimate of drug-likeness (QED) is 0.614. The summed E-state index contributed by atoms with van der Waals surface area (Å²) >= 11 is 0. The van der Waals surface area contributed by atoms with E-state index in [1.54, 1.807) is 13.0 Å². The van der Waals surface area contributed by atoms with Gasteiger partial charge in [0.05, 0.1) is 5.56 Å². The van der Waals surface area contributed by atoms with Gasteiger partial charge in [0.1, 0.15) is 0 Å². The lowest BCUT2D eigenvalue weighted by Crippen LogP contribution is -2.23.